The zero-order valence-corrected chi connectivity index (χ0v) is 20.2. The topological polar surface area (TPSA) is 122 Å². The third kappa shape index (κ3) is 4.69. The molecule has 0 atom stereocenters. The van der Waals surface area contributed by atoms with Crippen LogP contribution in [0.5, 0.6) is 0 Å². The van der Waals surface area contributed by atoms with Gasteiger partial charge in [-0.3, -0.25) is 4.72 Å². The van der Waals surface area contributed by atoms with Gasteiger partial charge in [0.1, 0.15) is 12.1 Å². The molecule has 3 N–H and O–H groups in total. The molecule has 0 aliphatic heterocycles. The molecule has 35 heavy (non-hydrogen) atoms. The van der Waals surface area contributed by atoms with Crippen LogP contribution in [0.1, 0.15) is 5.56 Å². The number of sulfonamides is 1. The molecular weight excluding hydrogens is 462 g/mol. The van der Waals surface area contributed by atoms with Crippen LogP contribution >= 0.6 is 0 Å². The first-order chi connectivity index (χ1) is 16.8. The summed E-state index contributed by atoms with van der Waals surface area (Å²) in [4.78, 5) is 17.9. The van der Waals surface area contributed by atoms with Crippen LogP contribution in [0.2, 0.25) is 0 Å². The summed E-state index contributed by atoms with van der Waals surface area (Å²) in [5.41, 5.74) is 5.90. The first kappa shape index (κ1) is 22.5. The fourth-order valence-electron chi connectivity index (χ4n) is 4.02. The summed E-state index contributed by atoms with van der Waals surface area (Å²) in [6.07, 6.45) is 4.45. The van der Waals surface area contributed by atoms with Crippen molar-refractivity contribution < 1.29 is 8.42 Å². The van der Waals surface area contributed by atoms with Crippen molar-refractivity contribution in [1.82, 2.24) is 19.9 Å². The summed E-state index contributed by atoms with van der Waals surface area (Å²) < 4.78 is 25.7. The third-order valence-electron chi connectivity index (χ3n) is 5.54. The molecule has 0 radical (unpaired) electrons. The Bertz CT molecular complexity index is 1690. The van der Waals surface area contributed by atoms with Gasteiger partial charge in [-0.2, -0.15) is 0 Å². The number of nitrogens with one attached hydrogen (secondary N) is 3. The lowest BCUT2D eigenvalue weighted by atomic mass is 9.96. The number of nitrogens with zero attached hydrogens (tertiary/aromatic N) is 4. The Morgan fingerprint density at radius 3 is 2.54 bits per heavy atom. The van der Waals surface area contributed by atoms with E-state index in [2.05, 4.69) is 48.3 Å². The minimum atomic E-state index is -3.38. The normalized spacial score (nSPS) is 11.5. The lowest BCUT2D eigenvalue weighted by Gasteiger charge is -2.14. The van der Waals surface area contributed by atoms with Gasteiger partial charge in [0.2, 0.25) is 16.0 Å². The predicted molar refractivity (Wildman–Crippen MR) is 141 cm³/mol. The average Bonchev–Trinajstić information content (AvgIpc) is 2.82. The zero-order valence-electron chi connectivity index (χ0n) is 19.4. The van der Waals surface area contributed by atoms with Gasteiger partial charge in [0, 0.05) is 35.3 Å². The van der Waals surface area contributed by atoms with Crippen LogP contribution in [0.4, 0.5) is 23.1 Å². The van der Waals surface area contributed by atoms with Crippen molar-refractivity contribution in [3.63, 3.8) is 0 Å². The van der Waals surface area contributed by atoms with Gasteiger partial charge in [-0.05, 0) is 54.4 Å². The Kier molecular flexibility index (Phi) is 5.65. The largest absolute Gasteiger partial charge is 0.357 e. The molecule has 3 aromatic carbocycles. The number of aryl methyl sites for hydroxylation is 1. The molecule has 0 aliphatic rings. The molecule has 0 saturated heterocycles. The number of aromatic nitrogens is 4. The lowest BCUT2D eigenvalue weighted by Crippen LogP contribution is -2.09. The van der Waals surface area contributed by atoms with Crippen molar-refractivity contribution in [2.24, 2.45) is 0 Å². The maximum atomic E-state index is 11.6. The van der Waals surface area contributed by atoms with E-state index in [-0.39, 0.29) is 0 Å². The monoisotopic (exact) mass is 485 g/mol. The fraction of sp³-hybridized carbons (Fsp3) is 0.120. The number of hydrogen-bond acceptors (Lipinski definition) is 8. The van der Waals surface area contributed by atoms with Crippen molar-refractivity contribution >= 4 is 55.0 Å². The molecule has 0 fully saturated rings. The minimum absolute atomic E-state index is 0.465. The highest BCUT2D eigenvalue weighted by atomic mass is 32.2. The van der Waals surface area contributed by atoms with E-state index in [4.69, 9.17) is 0 Å². The predicted octanol–water partition coefficient (Wildman–Crippen LogP) is 4.71. The van der Waals surface area contributed by atoms with Gasteiger partial charge < -0.3 is 10.6 Å². The number of anilines is 4. The second-order valence-corrected chi connectivity index (χ2v) is 9.92. The Morgan fingerprint density at radius 2 is 1.74 bits per heavy atom. The Balaban J connectivity index is 1.58. The first-order valence-corrected chi connectivity index (χ1v) is 12.7. The van der Waals surface area contributed by atoms with Gasteiger partial charge in [-0.15, -0.1) is 0 Å². The molecule has 0 unspecified atom stereocenters. The van der Waals surface area contributed by atoms with E-state index in [0.717, 1.165) is 44.8 Å². The van der Waals surface area contributed by atoms with Crippen molar-refractivity contribution in [3.05, 3.63) is 72.7 Å². The smallest absolute Gasteiger partial charge is 0.229 e. The molecule has 0 bridgehead atoms. The fourth-order valence-corrected chi connectivity index (χ4v) is 4.57. The molecule has 9 nitrogen and oxygen atoms in total. The minimum Gasteiger partial charge on any atom is -0.357 e. The maximum absolute atomic E-state index is 11.6. The van der Waals surface area contributed by atoms with E-state index in [1.807, 2.05) is 30.3 Å². The highest BCUT2D eigenvalue weighted by Gasteiger charge is 2.14. The number of rotatable bonds is 6. The van der Waals surface area contributed by atoms with E-state index in [1.165, 1.54) is 6.33 Å². The Morgan fingerprint density at radius 1 is 0.914 bits per heavy atom. The van der Waals surface area contributed by atoms with Gasteiger partial charge in [-0.25, -0.2) is 28.4 Å². The summed E-state index contributed by atoms with van der Waals surface area (Å²) in [6.45, 7) is 2.05. The van der Waals surface area contributed by atoms with Crippen LogP contribution < -0.4 is 15.4 Å². The van der Waals surface area contributed by atoms with Crippen molar-refractivity contribution in [3.8, 4) is 11.1 Å². The second kappa shape index (κ2) is 8.80. The van der Waals surface area contributed by atoms with Gasteiger partial charge in [-0.1, -0.05) is 18.2 Å². The van der Waals surface area contributed by atoms with Gasteiger partial charge in [0.15, 0.2) is 0 Å². The van der Waals surface area contributed by atoms with E-state index >= 15 is 0 Å². The molecular formula is C25H23N7O2S. The summed E-state index contributed by atoms with van der Waals surface area (Å²) in [7, 11) is -1.59. The van der Waals surface area contributed by atoms with Crippen LogP contribution in [0.3, 0.4) is 0 Å². The van der Waals surface area contributed by atoms with E-state index in [1.54, 1.807) is 31.4 Å². The molecule has 5 aromatic rings. The molecule has 2 aromatic heterocycles. The van der Waals surface area contributed by atoms with E-state index in [9.17, 15) is 8.42 Å². The van der Waals surface area contributed by atoms with Crippen LogP contribution in [0.15, 0.2) is 67.1 Å². The molecule has 0 spiro atoms. The maximum Gasteiger partial charge on any atom is 0.229 e. The molecule has 0 amide bonds. The van der Waals surface area contributed by atoms with Crippen molar-refractivity contribution in [1.29, 1.82) is 0 Å². The summed E-state index contributed by atoms with van der Waals surface area (Å²) in [6, 6.07) is 17.1. The lowest BCUT2D eigenvalue weighted by molar-refractivity contribution is 0.607. The summed E-state index contributed by atoms with van der Waals surface area (Å²) >= 11 is 0. The Hall–Kier alpha value is -4.31. The Labute approximate surface area is 202 Å². The number of fused-ring (bicyclic) bond motifs is 2. The second-order valence-electron chi connectivity index (χ2n) is 8.17. The van der Waals surface area contributed by atoms with Gasteiger partial charge >= 0.3 is 0 Å². The van der Waals surface area contributed by atoms with E-state index < -0.39 is 10.0 Å². The number of hydrogen-bond donors (Lipinski definition) is 3. The average molecular weight is 486 g/mol. The van der Waals surface area contributed by atoms with Crippen molar-refractivity contribution in [2.45, 2.75) is 6.92 Å². The molecule has 0 aliphatic carbocycles. The third-order valence-corrected chi connectivity index (χ3v) is 6.14. The van der Waals surface area contributed by atoms with Gasteiger partial charge in [0.25, 0.3) is 0 Å². The number of benzene rings is 3. The van der Waals surface area contributed by atoms with E-state index in [0.29, 0.717) is 23.1 Å². The summed E-state index contributed by atoms with van der Waals surface area (Å²) in [5.74, 6) is 1.20. The standard InChI is InChI=1S/C25H23N7O2S/c1-15-7-9-20-23(22(15)16-8-10-21-17(11-16)13-27-25(26-2)31-21)28-14-29-24(20)30-18-5-4-6-19(12-18)32-35(3,33)34/h4-14,32H,1-3H3,(H,26,27,31)(H,28,29,30). The molecule has 2 heterocycles. The van der Waals surface area contributed by atoms with Crippen LogP contribution in [-0.2, 0) is 10.0 Å². The van der Waals surface area contributed by atoms with Gasteiger partial charge in [0.05, 0.1) is 23.0 Å². The first-order valence-electron chi connectivity index (χ1n) is 10.8. The quantitative estimate of drug-likeness (QED) is 0.316. The van der Waals surface area contributed by atoms with Crippen LogP contribution in [0, 0.1) is 6.92 Å². The van der Waals surface area contributed by atoms with Crippen LogP contribution in [-0.4, -0.2) is 41.7 Å². The molecule has 176 valence electrons. The van der Waals surface area contributed by atoms with Crippen LogP contribution in [0.25, 0.3) is 32.9 Å². The molecule has 5 rings (SSSR count). The highest BCUT2D eigenvalue weighted by Crippen LogP contribution is 2.35. The molecule has 0 saturated carbocycles. The zero-order chi connectivity index (χ0) is 24.6. The highest BCUT2D eigenvalue weighted by molar-refractivity contribution is 7.92. The van der Waals surface area contributed by atoms with Crippen molar-refractivity contribution in [2.75, 3.05) is 28.7 Å². The molecule has 10 heteroatoms. The SMILES string of the molecule is CNc1ncc2cc(-c3c(C)ccc4c(Nc5cccc(NS(C)(=O)=O)c5)ncnc34)ccc2n1. The summed E-state index contributed by atoms with van der Waals surface area (Å²) in [5, 5.41) is 8.04.